The lowest BCUT2D eigenvalue weighted by Crippen LogP contribution is -2.46. The van der Waals surface area contributed by atoms with E-state index in [9.17, 15) is 4.79 Å². The molecule has 10 heteroatoms. The highest BCUT2D eigenvalue weighted by molar-refractivity contribution is 5.91. The van der Waals surface area contributed by atoms with Gasteiger partial charge in [-0.05, 0) is 48.5 Å². The van der Waals surface area contributed by atoms with Crippen molar-refractivity contribution < 1.29 is 4.79 Å². The van der Waals surface area contributed by atoms with Gasteiger partial charge < -0.3 is 25.3 Å². The normalized spacial score (nSPS) is 14.5. The van der Waals surface area contributed by atoms with E-state index in [2.05, 4.69) is 52.7 Å². The van der Waals surface area contributed by atoms with Gasteiger partial charge in [0.15, 0.2) is 0 Å². The number of piperazine rings is 1. The summed E-state index contributed by atoms with van der Waals surface area (Å²) in [5, 5.41) is 15.8. The van der Waals surface area contributed by atoms with Crippen molar-refractivity contribution in [2.75, 3.05) is 48.3 Å². The minimum absolute atomic E-state index is 0.500. The van der Waals surface area contributed by atoms with Crippen LogP contribution in [0.3, 0.4) is 0 Å². The van der Waals surface area contributed by atoms with Crippen LogP contribution in [0.5, 0.6) is 0 Å². The van der Waals surface area contributed by atoms with Crippen molar-refractivity contribution in [3.63, 3.8) is 0 Å². The Labute approximate surface area is 201 Å². The number of aromatic amines is 2. The molecule has 1 fully saturated rings. The fourth-order valence-electron chi connectivity index (χ4n) is 4.42. The summed E-state index contributed by atoms with van der Waals surface area (Å²) >= 11 is 0. The number of benzene rings is 2. The Balaban J connectivity index is 1.19. The molecule has 3 aromatic heterocycles. The average Bonchev–Trinajstić information content (AvgIpc) is 3.55. The Morgan fingerprint density at radius 2 is 1.77 bits per heavy atom. The van der Waals surface area contributed by atoms with E-state index in [1.54, 1.807) is 6.20 Å². The number of aldehydes is 1. The molecule has 0 unspecified atom stereocenters. The standard InChI is InChI=1S/C25H25N9O/c35-14-13-33-9-11-34(12-10-33)20-5-3-18(4-6-20)29-25-30-23-21(7-8-26-23)24(31-25)28-19-2-1-17-16-27-32-22(17)15-19/h1-8,14-16H,9-13H2,(H,27,32)(H3,26,28,29,30,31). The summed E-state index contributed by atoms with van der Waals surface area (Å²) in [5.74, 6) is 1.21. The van der Waals surface area contributed by atoms with Crippen LogP contribution < -0.4 is 15.5 Å². The van der Waals surface area contributed by atoms with Crippen LogP contribution in [-0.2, 0) is 4.79 Å². The van der Waals surface area contributed by atoms with Gasteiger partial charge >= 0.3 is 0 Å². The zero-order chi connectivity index (χ0) is 23.6. The predicted octanol–water partition coefficient (Wildman–Crippen LogP) is 3.64. The molecule has 0 amide bonds. The van der Waals surface area contributed by atoms with E-state index in [1.165, 1.54) is 5.69 Å². The van der Waals surface area contributed by atoms with Gasteiger partial charge in [-0.25, -0.2) is 0 Å². The molecular weight excluding hydrogens is 442 g/mol. The van der Waals surface area contributed by atoms with Gasteiger partial charge in [-0.15, -0.1) is 0 Å². The van der Waals surface area contributed by atoms with Crippen LogP contribution in [0.2, 0.25) is 0 Å². The Morgan fingerprint density at radius 3 is 2.60 bits per heavy atom. The van der Waals surface area contributed by atoms with Gasteiger partial charge in [0.1, 0.15) is 17.8 Å². The van der Waals surface area contributed by atoms with E-state index in [1.807, 2.05) is 42.6 Å². The summed E-state index contributed by atoms with van der Waals surface area (Å²) in [6.07, 6.45) is 4.63. The fourth-order valence-corrected chi connectivity index (χ4v) is 4.42. The maximum absolute atomic E-state index is 10.7. The molecule has 1 saturated heterocycles. The molecule has 0 bridgehead atoms. The molecule has 0 atom stereocenters. The number of carbonyl (C=O) groups is 1. The highest BCUT2D eigenvalue weighted by Gasteiger charge is 2.17. The molecular formula is C25H25N9O. The van der Waals surface area contributed by atoms with Crippen molar-refractivity contribution in [1.82, 2.24) is 30.0 Å². The summed E-state index contributed by atoms with van der Waals surface area (Å²) in [7, 11) is 0. The van der Waals surface area contributed by atoms with Gasteiger partial charge in [0, 0.05) is 54.8 Å². The van der Waals surface area contributed by atoms with Crippen molar-refractivity contribution in [2.45, 2.75) is 0 Å². The van der Waals surface area contributed by atoms with Crippen LogP contribution in [0.15, 0.2) is 60.9 Å². The number of anilines is 5. The van der Waals surface area contributed by atoms with Crippen molar-refractivity contribution in [3.8, 4) is 0 Å². The lowest BCUT2D eigenvalue weighted by atomic mass is 10.2. The first kappa shape index (κ1) is 21.1. The Bertz CT molecular complexity index is 1470. The topological polar surface area (TPSA) is 118 Å². The van der Waals surface area contributed by atoms with E-state index < -0.39 is 0 Å². The number of nitrogens with one attached hydrogen (secondary N) is 4. The van der Waals surface area contributed by atoms with Crippen molar-refractivity contribution in [3.05, 3.63) is 60.9 Å². The molecule has 2 aromatic carbocycles. The van der Waals surface area contributed by atoms with Crippen LogP contribution in [0.25, 0.3) is 21.9 Å². The van der Waals surface area contributed by atoms with E-state index >= 15 is 0 Å². The second-order valence-corrected chi connectivity index (χ2v) is 8.56. The molecule has 1 aliphatic heterocycles. The van der Waals surface area contributed by atoms with Crippen LogP contribution in [0, 0.1) is 0 Å². The molecule has 35 heavy (non-hydrogen) atoms. The quantitative estimate of drug-likeness (QED) is 0.268. The molecule has 4 N–H and O–H groups in total. The van der Waals surface area contributed by atoms with E-state index in [4.69, 9.17) is 4.98 Å². The molecule has 0 saturated carbocycles. The number of rotatable bonds is 7. The second-order valence-electron chi connectivity index (χ2n) is 8.56. The molecule has 1 aliphatic rings. The summed E-state index contributed by atoms with van der Waals surface area (Å²) in [5.41, 5.74) is 4.68. The first-order valence-electron chi connectivity index (χ1n) is 11.6. The number of hydrogen-bond acceptors (Lipinski definition) is 8. The van der Waals surface area contributed by atoms with E-state index in [0.29, 0.717) is 18.3 Å². The summed E-state index contributed by atoms with van der Waals surface area (Å²) in [6, 6.07) is 16.3. The largest absolute Gasteiger partial charge is 0.369 e. The van der Waals surface area contributed by atoms with Crippen LogP contribution >= 0.6 is 0 Å². The number of carbonyl (C=O) groups excluding carboxylic acids is 1. The van der Waals surface area contributed by atoms with Crippen LogP contribution in [0.4, 0.5) is 28.8 Å². The minimum Gasteiger partial charge on any atom is -0.369 e. The summed E-state index contributed by atoms with van der Waals surface area (Å²) in [6.45, 7) is 4.12. The number of nitrogens with zero attached hydrogens (tertiary/aromatic N) is 5. The molecule has 176 valence electrons. The smallest absolute Gasteiger partial charge is 0.231 e. The molecule has 0 spiro atoms. The van der Waals surface area contributed by atoms with Crippen molar-refractivity contribution in [2.24, 2.45) is 0 Å². The molecule has 6 rings (SSSR count). The van der Waals surface area contributed by atoms with Crippen LogP contribution in [-0.4, -0.2) is 69.1 Å². The summed E-state index contributed by atoms with van der Waals surface area (Å²) < 4.78 is 0. The molecule has 4 heterocycles. The average molecular weight is 468 g/mol. The predicted molar refractivity (Wildman–Crippen MR) is 138 cm³/mol. The van der Waals surface area contributed by atoms with Gasteiger partial charge in [-0.1, -0.05) is 0 Å². The lowest BCUT2D eigenvalue weighted by Gasteiger charge is -2.35. The van der Waals surface area contributed by atoms with Gasteiger partial charge in [0.05, 0.1) is 23.6 Å². The number of fused-ring (bicyclic) bond motifs is 2. The summed E-state index contributed by atoms with van der Waals surface area (Å²) in [4.78, 5) is 27.8. The maximum Gasteiger partial charge on any atom is 0.231 e. The monoisotopic (exact) mass is 467 g/mol. The maximum atomic E-state index is 10.7. The SMILES string of the molecule is O=CCN1CCN(c2ccc(Nc3nc(Nc4ccc5cn[nH]c5c4)c4cc[nH]c4n3)cc2)CC1. The van der Waals surface area contributed by atoms with E-state index in [0.717, 1.165) is 65.8 Å². The third kappa shape index (κ3) is 4.38. The first-order valence-corrected chi connectivity index (χ1v) is 11.6. The highest BCUT2D eigenvalue weighted by atomic mass is 16.1. The molecule has 0 radical (unpaired) electrons. The first-order chi connectivity index (χ1) is 17.2. The van der Waals surface area contributed by atoms with Gasteiger partial charge in [-0.2, -0.15) is 15.1 Å². The Hall–Kier alpha value is -4.44. The van der Waals surface area contributed by atoms with Crippen molar-refractivity contribution in [1.29, 1.82) is 0 Å². The van der Waals surface area contributed by atoms with Crippen molar-refractivity contribution >= 4 is 57.1 Å². The molecule has 5 aromatic rings. The second kappa shape index (κ2) is 9.07. The zero-order valence-electron chi connectivity index (χ0n) is 19.0. The minimum atomic E-state index is 0.500. The van der Waals surface area contributed by atoms with Gasteiger partial charge in [0.25, 0.3) is 0 Å². The zero-order valence-corrected chi connectivity index (χ0v) is 19.0. The van der Waals surface area contributed by atoms with E-state index in [-0.39, 0.29) is 0 Å². The number of aromatic nitrogens is 5. The van der Waals surface area contributed by atoms with Gasteiger partial charge in [0.2, 0.25) is 5.95 Å². The van der Waals surface area contributed by atoms with Gasteiger partial charge in [-0.3, -0.25) is 10.00 Å². The van der Waals surface area contributed by atoms with Crippen LogP contribution in [0.1, 0.15) is 0 Å². The highest BCUT2D eigenvalue weighted by Crippen LogP contribution is 2.28. The third-order valence-electron chi connectivity index (χ3n) is 6.31. The number of H-pyrrole nitrogens is 2. The third-order valence-corrected chi connectivity index (χ3v) is 6.31. The number of hydrogen-bond donors (Lipinski definition) is 4. The Kier molecular flexibility index (Phi) is 5.47. The lowest BCUT2D eigenvalue weighted by molar-refractivity contribution is -0.108. The molecule has 10 nitrogen and oxygen atoms in total. The molecule has 0 aliphatic carbocycles. The Morgan fingerprint density at radius 1 is 0.943 bits per heavy atom. The fraction of sp³-hybridized carbons (Fsp3) is 0.200.